The molecular formula is C14H18F2N2O2. The van der Waals surface area contributed by atoms with Crippen LogP contribution in [0.5, 0.6) is 0 Å². The fraction of sp³-hybridized carbons (Fsp3) is 0.500. The van der Waals surface area contributed by atoms with Gasteiger partial charge < -0.3 is 15.3 Å². The van der Waals surface area contributed by atoms with Gasteiger partial charge in [0.2, 0.25) is 0 Å². The van der Waals surface area contributed by atoms with Crippen LogP contribution in [0.25, 0.3) is 0 Å². The van der Waals surface area contributed by atoms with Crippen molar-refractivity contribution < 1.29 is 18.7 Å². The van der Waals surface area contributed by atoms with Gasteiger partial charge in [-0.05, 0) is 38.1 Å². The molecule has 4 nitrogen and oxygen atoms in total. The average Bonchev–Trinajstić information content (AvgIpc) is 2.44. The van der Waals surface area contributed by atoms with Crippen molar-refractivity contribution in [3.63, 3.8) is 0 Å². The van der Waals surface area contributed by atoms with E-state index in [1.165, 1.54) is 6.07 Å². The number of likely N-dealkylation sites (N-methyl/N-ethyl adjacent to an activating group) is 1. The van der Waals surface area contributed by atoms with Crippen LogP contribution >= 0.6 is 0 Å². The van der Waals surface area contributed by atoms with Crippen molar-refractivity contribution in [1.82, 2.24) is 4.90 Å². The van der Waals surface area contributed by atoms with Gasteiger partial charge in [-0.2, -0.15) is 0 Å². The van der Waals surface area contributed by atoms with Crippen molar-refractivity contribution in [2.75, 3.05) is 25.0 Å². The first-order chi connectivity index (χ1) is 9.52. The van der Waals surface area contributed by atoms with E-state index in [0.29, 0.717) is 0 Å². The average molecular weight is 284 g/mol. The lowest BCUT2D eigenvalue weighted by Gasteiger charge is -2.32. The third-order valence-corrected chi connectivity index (χ3v) is 3.63. The van der Waals surface area contributed by atoms with Crippen molar-refractivity contribution >= 4 is 11.7 Å². The zero-order chi connectivity index (χ0) is 14.7. The Bertz CT molecular complexity index is 508. The molecule has 6 heteroatoms. The normalized spacial score (nSPS) is 19.9. The molecule has 2 N–H and O–H groups in total. The number of aromatic carboxylic acids is 1. The third kappa shape index (κ3) is 3.07. The van der Waals surface area contributed by atoms with Crippen molar-refractivity contribution in [3.05, 3.63) is 29.3 Å². The fourth-order valence-electron chi connectivity index (χ4n) is 2.51. The van der Waals surface area contributed by atoms with Crippen LogP contribution in [0.2, 0.25) is 0 Å². The number of benzene rings is 1. The van der Waals surface area contributed by atoms with Crippen molar-refractivity contribution in [2.24, 2.45) is 0 Å². The first-order valence-electron chi connectivity index (χ1n) is 6.73. The molecule has 0 radical (unpaired) electrons. The maximum absolute atomic E-state index is 13.8. The first kappa shape index (κ1) is 14.7. The zero-order valence-electron chi connectivity index (χ0n) is 11.3. The van der Waals surface area contributed by atoms with E-state index in [1.807, 2.05) is 0 Å². The molecule has 1 aliphatic heterocycles. The maximum Gasteiger partial charge on any atom is 0.338 e. The van der Waals surface area contributed by atoms with E-state index < -0.39 is 23.2 Å². The van der Waals surface area contributed by atoms with Gasteiger partial charge in [0.25, 0.3) is 0 Å². The smallest absolute Gasteiger partial charge is 0.338 e. The lowest BCUT2D eigenvalue weighted by molar-refractivity contribution is 0.0690. The van der Waals surface area contributed by atoms with Crippen LogP contribution < -0.4 is 5.32 Å². The number of hydrogen-bond donors (Lipinski definition) is 2. The molecule has 0 saturated carbocycles. The van der Waals surface area contributed by atoms with Crippen LogP contribution in [-0.2, 0) is 0 Å². The minimum absolute atomic E-state index is 0.0236. The Morgan fingerprint density at radius 2 is 2.20 bits per heavy atom. The topological polar surface area (TPSA) is 52.6 Å². The Morgan fingerprint density at radius 1 is 1.45 bits per heavy atom. The Kier molecular flexibility index (Phi) is 4.54. The summed E-state index contributed by atoms with van der Waals surface area (Å²) in [5, 5.41) is 11.7. The highest BCUT2D eigenvalue weighted by molar-refractivity contribution is 5.88. The molecule has 1 atom stereocenters. The molecule has 1 heterocycles. The molecule has 0 aliphatic carbocycles. The molecule has 2 rings (SSSR count). The number of hydrogen-bond acceptors (Lipinski definition) is 3. The number of rotatable bonds is 4. The predicted octanol–water partition coefficient (Wildman–Crippen LogP) is 2.56. The van der Waals surface area contributed by atoms with Gasteiger partial charge >= 0.3 is 5.97 Å². The molecule has 1 fully saturated rings. The van der Waals surface area contributed by atoms with Gasteiger partial charge in [0.05, 0.1) is 11.3 Å². The van der Waals surface area contributed by atoms with Crippen LogP contribution in [-0.4, -0.2) is 41.7 Å². The molecule has 110 valence electrons. The van der Waals surface area contributed by atoms with Crippen LogP contribution in [0.3, 0.4) is 0 Å². The van der Waals surface area contributed by atoms with E-state index in [2.05, 4.69) is 17.1 Å². The van der Waals surface area contributed by atoms with Gasteiger partial charge in [0, 0.05) is 12.6 Å². The highest BCUT2D eigenvalue weighted by atomic mass is 19.2. The molecule has 0 spiro atoms. The number of carboxylic acids is 1. The van der Waals surface area contributed by atoms with Gasteiger partial charge in [-0.15, -0.1) is 0 Å². The molecular weight excluding hydrogens is 266 g/mol. The van der Waals surface area contributed by atoms with Gasteiger partial charge in [-0.25, -0.2) is 13.6 Å². The van der Waals surface area contributed by atoms with Gasteiger partial charge in [-0.3, -0.25) is 0 Å². The highest BCUT2D eigenvalue weighted by Crippen LogP contribution is 2.23. The SMILES string of the molecule is CCN1CCCC(Nc2ccc(C(=O)O)c(F)c2F)C1. The van der Waals surface area contributed by atoms with Crippen LogP contribution in [0, 0.1) is 11.6 Å². The van der Waals surface area contributed by atoms with Crippen LogP contribution in [0.4, 0.5) is 14.5 Å². The summed E-state index contributed by atoms with van der Waals surface area (Å²) in [7, 11) is 0. The number of halogens is 2. The van der Waals surface area contributed by atoms with Crippen LogP contribution in [0.15, 0.2) is 12.1 Å². The lowest BCUT2D eigenvalue weighted by Crippen LogP contribution is -2.42. The number of nitrogens with zero attached hydrogens (tertiary/aromatic N) is 1. The second kappa shape index (κ2) is 6.17. The van der Waals surface area contributed by atoms with Crippen molar-refractivity contribution in [2.45, 2.75) is 25.8 Å². The molecule has 1 aliphatic rings. The summed E-state index contributed by atoms with van der Waals surface area (Å²) < 4.78 is 27.4. The molecule has 1 aromatic rings. The first-order valence-corrected chi connectivity index (χ1v) is 6.73. The van der Waals surface area contributed by atoms with Gasteiger partial charge in [0.15, 0.2) is 11.6 Å². The molecule has 1 saturated heterocycles. The highest BCUT2D eigenvalue weighted by Gasteiger charge is 2.22. The standard InChI is InChI=1S/C14H18F2N2O2/c1-2-18-7-3-4-9(8-18)17-11-6-5-10(14(19)20)12(15)13(11)16/h5-6,9,17H,2-4,7-8H2,1H3,(H,19,20). The fourth-order valence-corrected chi connectivity index (χ4v) is 2.51. The Morgan fingerprint density at radius 3 is 2.85 bits per heavy atom. The Balaban J connectivity index is 2.14. The van der Waals surface area contributed by atoms with Gasteiger partial charge in [0.1, 0.15) is 0 Å². The molecule has 0 aromatic heterocycles. The van der Waals surface area contributed by atoms with Crippen molar-refractivity contribution in [3.8, 4) is 0 Å². The summed E-state index contributed by atoms with van der Waals surface area (Å²) in [5.74, 6) is -3.91. The predicted molar refractivity (Wildman–Crippen MR) is 72.1 cm³/mol. The molecule has 20 heavy (non-hydrogen) atoms. The number of carboxylic acid groups (broad SMARTS) is 1. The number of anilines is 1. The van der Waals surface area contributed by atoms with E-state index in [0.717, 1.165) is 38.5 Å². The second-order valence-electron chi connectivity index (χ2n) is 4.97. The lowest BCUT2D eigenvalue weighted by atomic mass is 10.0. The zero-order valence-corrected chi connectivity index (χ0v) is 11.3. The summed E-state index contributed by atoms with van der Waals surface area (Å²) in [6.45, 7) is 4.78. The maximum atomic E-state index is 13.8. The molecule has 0 amide bonds. The number of likely N-dealkylation sites (tertiary alicyclic amines) is 1. The Labute approximate surface area is 116 Å². The summed E-state index contributed by atoms with van der Waals surface area (Å²) in [6, 6.07) is 2.42. The van der Waals surface area contributed by atoms with E-state index in [-0.39, 0.29) is 11.7 Å². The van der Waals surface area contributed by atoms with Gasteiger partial charge in [-0.1, -0.05) is 6.92 Å². The second-order valence-corrected chi connectivity index (χ2v) is 4.97. The number of carbonyl (C=O) groups is 1. The molecule has 1 aromatic carbocycles. The largest absolute Gasteiger partial charge is 0.478 e. The summed E-state index contributed by atoms with van der Waals surface area (Å²) in [5.41, 5.74) is -0.623. The quantitative estimate of drug-likeness (QED) is 0.892. The summed E-state index contributed by atoms with van der Waals surface area (Å²) in [6.07, 6.45) is 1.89. The minimum Gasteiger partial charge on any atom is -0.478 e. The molecule has 1 unspecified atom stereocenters. The van der Waals surface area contributed by atoms with Crippen LogP contribution in [0.1, 0.15) is 30.1 Å². The number of piperidine rings is 1. The van der Waals surface area contributed by atoms with E-state index in [1.54, 1.807) is 0 Å². The van der Waals surface area contributed by atoms with E-state index in [9.17, 15) is 13.6 Å². The van der Waals surface area contributed by atoms with Crippen molar-refractivity contribution in [1.29, 1.82) is 0 Å². The van der Waals surface area contributed by atoms with E-state index in [4.69, 9.17) is 5.11 Å². The van der Waals surface area contributed by atoms with E-state index >= 15 is 0 Å². The molecule has 0 bridgehead atoms. The summed E-state index contributed by atoms with van der Waals surface area (Å²) >= 11 is 0. The monoisotopic (exact) mass is 284 g/mol. The third-order valence-electron chi connectivity index (χ3n) is 3.63. The minimum atomic E-state index is -1.47. The summed E-state index contributed by atoms with van der Waals surface area (Å²) in [4.78, 5) is 13.0. The number of nitrogens with one attached hydrogen (secondary N) is 1. The Hall–Kier alpha value is -1.69.